The van der Waals surface area contributed by atoms with E-state index < -0.39 is 27.6 Å². The minimum atomic E-state index is -5.80. The minimum absolute atomic E-state index is 0.0104. The van der Waals surface area contributed by atoms with E-state index in [1.54, 1.807) is 0 Å². The summed E-state index contributed by atoms with van der Waals surface area (Å²) in [6.07, 6.45) is -1.19. The second kappa shape index (κ2) is 4.79. The second-order valence-corrected chi connectivity index (χ2v) is 5.83. The number of hydrogen-bond donors (Lipinski definition) is 1. The molecule has 2 rings (SSSR count). The Morgan fingerprint density at radius 2 is 2.05 bits per heavy atom. The van der Waals surface area contributed by atoms with Crippen molar-refractivity contribution in [2.75, 3.05) is 6.54 Å². The maximum atomic E-state index is 12.3. The Morgan fingerprint density at radius 1 is 1.43 bits per heavy atom. The van der Waals surface area contributed by atoms with Crippen molar-refractivity contribution < 1.29 is 35.7 Å². The Kier molecular flexibility index (Phi) is 3.51. The molecule has 1 aliphatic rings. The first-order valence-corrected chi connectivity index (χ1v) is 6.97. The predicted molar refractivity (Wildman–Crippen MR) is 60.9 cm³/mol. The Labute approximate surface area is 116 Å². The first-order chi connectivity index (χ1) is 9.53. The number of nitrogens with zero attached hydrogens (tertiary/aromatic N) is 3. The Balaban J connectivity index is 2.35. The summed E-state index contributed by atoms with van der Waals surface area (Å²) in [5.74, 6) is -0.549. The predicted octanol–water partition coefficient (Wildman–Crippen LogP) is 0.685. The number of carboxylic acid groups (broad SMARTS) is 1. The van der Waals surface area contributed by atoms with Crippen LogP contribution in [0.1, 0.15) is 11.3 Å². The lowest BCUT2D eigenvalue weighted by atomic mass is 10.1. The first kappa shape index (κ1) is 15.4. The summed E-state index contributed by atoms with van der Waals surface area (Å²) in [5, 5.41) is 12.7. The lowest BCUT2D eigenvalue weighted by Gasteiger charge is -2.23. The third-order valence-corrected chi connectivity index (χ3v) is 3.83. The molecule has 1 aromatic heterocycles. The van der Waals surface area contributed by atoms with Gasteiger partial charge in [-0.2, -0.15) is 26.7 Å². The van der Waals surface area contributed by atoms with Crippen molar-refractivity contribution in [1.29, 1.82) is 0 Å². The standard InChI is InChI=1S/C9H10F3N3O5S/c1-14-7(20-21(18,19)9(10,11)12)5-2-3-15(8(16)17)4-6(5)13-14/h2-4H2,1H3,(H,16,17). The van der Waals surface area contributed by atoms with Crippen molar-refractivity contribution in [2.45, 2.75) is 18.5 Å². The molecule has 0 unspecified atom stereocenters. The molecule has 0 aliphatic carbocycles. The zero-order chi connectivity index (χ0) is 16.0. The number of aryl methyl sites for hydroxylation is 1. The monoisotopic (exact) mass is 329 g/mol. The van der Waals surface area contributed by atoms with Gasteiger partial charge >= 0.3 is 21.7 Å². The van der Waals surface area contributed by atoms with E-state index in [0.29, 0.717) is 0 Å². The van der Waals surface area contributed by atoms with Crippen molar-refractivity contribution in [3.63, 3.8) is 0 Å². The van der Waals surface area contributed by atoms with Crippen LogP contribution in [0.25, 0.3) is 0 Å². The van der Waals surface area contributed by atoms with Gasteiger partial charge in [0.15, 0.2) is 0 Å². The van der Waals surface area contributed by atoms with E-state index in [9.17, 15) is 26.4 Å². The highest BCUT2D eigenvalue weighted by molar-refractivity contribution is 7.87. The molecule has 1 amide bonds. The van der Waals surface area contributed by atoms with Gasteiger partial charge in [0.1, 0.15) is 0 Å². The van der Waals surface area contributed by atoms with Crippen molar-refractivity contribution in [3.8, 4) is 5.88 Å². The topological polar surface area (TPSA) is 102 Å². The van der Waals surface area contributed by atoms with Gasteiger partial charge in [0.2, 0.25) is 5.88 Å². The third-order valence-electron chi connectivity index (χ3n) is 2.89. The van der Waals surface area contributed by atoms with Crippen molar-refractivity contribution in [2.24, 2.45) is 7.05 Å². The van der Waals surface area contributed by atoms with Gasteiger partial charge in [0.05, 0.1) is 12.2 Å². The average molecular weight is 329 g/mol. The maximum Gasteiger partial charge on any atom is 0.534 e. The van der Waals surface area contributed by atoms with Gasteiger partial charge in [-0.25, -0.2) is 9.48 Å². The largest absolute Gasteiger partial charge is 0.534 e. The fourth-order valence-electron chi connectivity index (χ4n) is 1.91. The van der Waals surface area contributed by atoms with E-state index in [1.807, 2.05) is 0 Å². The molecule has 8 nitrogen and oxygen atoms in total. The summed E-state index contributed by atoms with van der Waals surface area (Å²) >= 11 is 0. The SMILES string of the molecule is Cn1nc2c(c1OS(=O)(=O)C(F)(F)F)CCN(C(=O)O)C2. The van der Waals surface area contributed by atoms with Gasteiger partial charge in [-0.3, -0.25) is 0 Å². The molecular weight excluding hydrogens is 319 g/mol. The molecule has 0 aromatic carbocycles. The van der Waals surface area contributed by atoms with Crippen LogP contribution in [0, 0.1) is 0 Å². The van der Waals surface area contributed by atoms with Crippen LogP contribution in [0.15, 0.2) is 0 Å². The molecule has 2 heterocycles. The number of rotatable bonds is 2. The number of amides is 1. The van der Waals surface area contributed by atoms with E-state index in [-0.39, 0.29) is 30.8 Å². The van der Waals surface area contributed by atoms with Crippen molar-refractivity contribution in [1.82, 2.24) is 14.7 Å². The van der Waals surface area contributed by atoms with Crippen molar-refractivity contribution >= 4 is 16.2 Å². The number of aromatic nitrogens is 2. The van der Waals surface area contributed by atoms with Gasteiger partial charge < -0.3 is 14.2 Å². The van der Waals surface area contributed by atoms with E-state index in [2.05, 4.69) is 9.28 Å². The van der Waals surface area contributed by atoms with E-state index in [4.69, 9.17) is 5.11 Å². The number of hydrogen-bond acceptors (Lipinski definition) is 5. The molecule has 0 bridgehead atoms. The van der Waals surface area contributed by atoms with Gasteiger partial charge in [0.25, 0.3) is 0 Å². The number of halogens is 3. The fourth-order valence-corrected chi connectivity index (χ4v) is 2.42. The van der Waals surface area contributed by atoms with Crippen LogP contribution in [0.3, 0.4) is 0 Å². The summed E-state index contributed by atoms with van der Waals surface area (Å²) in [7, 11) is -4.58. The van der Waals surface area contributed by atoms with Gasteiger partial charge in [-0.1, -0.05) is 0 Å². The molecule has 1 aromatic rings. The molecule has 0 atom stereocenters. The van der Waals surface area contributed by atoms with Gasteiger partial charge in [0, 0.05) is 19.2 Å². The molecule has 0 radical (unpaired) electrons. The zero-order valence-electron chi connectivity index (χ0n) is 10.6. The average Bonchev–Trinajstić information content (AvgIpc) is 2.63. The van der Waals surface area contributed by atoms with Gasteiger partial charge in [-0.15, -0.1) is 0 Å². The fraction of sp³-hybridized carbons (Fsp3) is 0.556. The van der Waals surface area contributed by atoms with E-state index in [1.165, 1.54) is 7.05 Å². The Bertz CT molecular complexity index is 682. The number of carbonyl (C=O) groups is 1. The quantitative estimate of drug-likeness (QED) is 0.632. The highest BCUT2D eigenvalue weighted by atomic mass is 32.2. The molecule has 0 saturated heterocycles. The van der Waals surface area contributed by atoms with Crippen molar-refractivity contribution in [3.05, 3.63) is 11.3 Å². The molecule has 1 aliphatic heterocycles. The normalized spacial score (nSPS) is 15.7. The highest BCUT2D eigenvalue weighted by Gasteiger charge is 2.49. The smallest absolute Gasteiger partial charge is 0.465 e. The number of fused-ring (bicyclic) bond motifs is 1. The van der Waals surface area contributed by atoms with Crippen LogP contribution in [-0.2, 0) is 30.1 Å². The molecule has 0 fully saturated rings. The maximum absolute atomic E-state index is 12.3. The lowest BCUT2D eigenvalue weighted by molar-refractivity contribution is -0.0502. The summed E-state index contributed by atoms with van der Waals surface area (Å²) in [5.41, 5.74) is -5.23. The Hall–Kier alpha value is -1.98. The van der Waals surface area contributed by atoms with Crippen LogP contribution < -0.4 is 4.18 Å². The first-order valence-electron chi connectivity index (χ1n) is 5.56. The zero-order valence-corrected chi connectivity index (χ0v) is 11.4. The number of alkyl halides is 3. The molecule has 21 heavy (non-hydrogen) atoms. The third kappa shape index (κ3) is 2.75. The molecule has 1 N–H and O–H groups in total. The molecule has 118 valence electrons. The van der Waals surface area contributed by atoms with Crippen LogP contribution in [0.4, 0.5) is 18.0 Å². The van der Waals surface area contributed by atoms with Crippen LogP contribution in [0.5, 0.6) is 5.88 Å². The Morgan fingerprint density at radius 3 is 2.57 bits per heavy atom. The molecule has 0 spiro atoms. The highest BCUT2D eigenvalue weighted by Crippen LogP contribution is 2.32. The van der Waals surface area contributed by atoms with E-state index >= 15 is 0 Å². The van der Waals surface area contributed by atoms with Gasteiger partial charge in [-0.05, 0) is 6.42 Å². The minimum Gasteiger partial charge on any atom is -0.465 e. The lowest BCUT2D eigenvalue weighted by Crippen LogP contribution is -2.35. The van der Waals surface area contributed by atoms with E-state index in [0.717, 1.165) is 9.58 Å². The van der Waals surface area contributed by atoms with Crippen LogP contribution in [-0.4, -0.2) is 46.4 Å². The van der Waals surface area contributed by atoms with Crippen LogP contribution in [0.2, 0.25) is 0 Å². The second-order valence-electron chi connectivity index (χ2n) is 4.29. The summed E-state index contributed by atoms with van der Waals surface area (Å²) in [6, 6.07) is 0. The summed E-state index contributed by atoms with van der Waals surface area (Å²) in [6.45, 7) is -0.135. The molecular formula is C9H10F3N3O5S. The molecule has 12 heteroatoms. The molecule has 0 saturated carbocycles. The summed E-state index contributed by atoms with van der Waals surface area (Å²) in [4.78, 5) is 11.8. The summed E-state index contributed by atoms with van der Waals surface area (Å²) < 4.78 is 64.0. The van der Waals surface area contributed by atoms with Crippen LogP contribution >= 0.6 is 0 Å².